The summed E-state index contributed by atoms with van der Waals surface area (Å²) in [5, 5.41) is 21.6. The number of carbonyl (C=O) groups is 1. The minimum atomic E-state index is -3.97. The van der Waals surface area contributed by atoms with Gasteiger partial charge in [-0.25, -0.2) is 13.1 Å². The number of anilines is 1. The molecule has 2 aromatic rings. The highest BCUT2D eigenvalue weighted by atomic mass is 32.2. The maximum absolute atomic E-state index is 13.0. The number of hydrogen-bond acceptors (Lipinski definition) is 6. The first-order chi connectivity index (χ1) is 14.9. The summed E-state index contributed by atoms with van der Waals surface area (Å²) in [6.45, 7) is 4.81. The van der Waals surface area contributed by atoms with Crippen LogP contribution in [0.5, 0.6) is 5.75 Å². The molecule has 32 heavy (non-hydrogen) atoms. The fourth-order valence-electron chi connectivity index (χ4n) is 3.17. The van der Waals surface area contributed by atoms with Crippen LogP contribution in [0.4, 0.5) is 5.69 Å². The first kappa shape index (κ1) is 23.4. The molecule has 0 bridgehead atoms. The smallest absolute Gasteiger partial charge is 0.276 e. The zero-order chi connectivity index (χ0) is 23.7. The normalized spacial score (nSPS) is 17.1. The van der Waals surface area contributed by atoms with Crippen LogP contribution in [0.2, 0.25) is 0 Å². The zero-order valence-corrected chi connectivity index (χ0v) is 19.0. The summed E-state index contributed by atoms with van der Waals surface area (Å²) in [5.41, 5.74) is 0.444. The zero-order valence-electron chi connectivity index (χ0n) is 18.2. The van der Waals surface area contributed by atoms with Crippen LogP contribution in [0.3, 0.4) is 0 Å². The standard InChI is InChI=1S/C22H24N4O5S/c1-14-7-8-16(10-15(14)11-23)24-21(27)19-20-18(12-26(19)4)32(29,30)25-17(13-31-20)6-5-9-22(2,3)28/h7-8,10,12,17,25,28H,6,13H2,1-4H3,(H,24,27). The summed E-state index contributed by atoms with van der Waals surface area (Å²) in [4.78, 5) is 12.8. The topological polar surface area (TPSA) is 133 Å². The lowest BCUT2D eigenvalue weighted by Crippen LogP contribution is -2.36. The van der Waals surface area contributed by atoms with E-state index >= 15 is 0 Å². The maximum Gasteiger partial charge on any atom is 0.276 e. The molecule has 1 unspecified atom stereocenters. The Hall–Kier alpha value is -3.31. The lowest BCUT2D eigenvalue weighted by molar-refractivity contribution is 0.101. The van der Waals surface area contributed by atoms with Gasteiger partial charge in [-0.3, -0.25) is 4.79 Å². The van der Waals surface area contributed by atoms with Crippen LogP contribution in [-0.2, 0) is 17.1 Å². The van der Waals surface area contributed by atoms with Crippen LogP contribution in [0.15, 0.2) is 29.3 Å². The molecule has 2 heterocycles. The summed E-state index contributed by atoms with van der Waals surface area (Å²) >= 11 is 0. The number of aromatic nitrogens is 1. The molecule has 10 heteroatoms. The molecule has 0 fully saturated rings. The Kier molecular flexibility index (Phi) is 6.33. The van der Waals surface area contributed by atoms with Gasteiger partial charge in [0.25, 0.3) is 5.91 Å². The van der Waals surface area contributed by atoms with E-state index in [0.717, 1.165) is 5.56 Å². The molecule has 168 valence electrons. The Morgan fingerprint density at radius 3 is 2.81 bits per heavy atom. The number of aliphatic hydroxyl groups is 1. The van der Waals surface area contributed by atoms with Gasteiger partial charge in [-0.2, -0.15) is 5.26 Å². The Morgan fingerprint density at radius 2 is 2.16 bits per heavy atom. The van der Waals surface area contributed by atoms with Crippen LogP contribution < -0.4 is 14.8 Å². The number of fused-ring (bicyclic) bond motifs is 1. The number of sulfonamides is 1. The number of aryl methyl sites for hydroxylation is 2. The number of benzene rings is 1. The van der Waals surface area contributed by atoms with Gasteiger partial charge in [0.2, 0.25) is 10.0 Å². The Bertz CT molecular complexity index is 1270. The summed E-state index contributed by atoms with van der Waals surface area (Å²) in [5.74, 6) is 4.77. The predicted octanol–water partition coefficient (Wildman–Crippen LogP) is 1.66. The van der Waals surface area contributed by atoms with Crippen molar-refractivity contribution in [3.05, 3.63) is 41.2 Å². The maximum atomic E-state index is 13.0. The first-order valence-corrected chi connectivity index (χ1v) is 11.3. The molecular weight excluding hydrogens is 432 g/mol. The number of carbonyl (C=O) groups excluding carboxylic acids is 1. The summed E-state index contributed by atoms with van der Waals surface area (Å²) in [7, 11) is -2.42. The number of nitrogens with one attached hydrogen (secondary N) is 2. The average Bonchev–Trinajstić information content (AvgIpc) is 2.97. The third kappa shape index (κ3) is 5.11. The molecule has 1 aliphatic rings. The number of hydrogen-bond donors (Lipinski definition) is 3. The number of ether oxygens (including phenoxy) is 1. The van der Waals surface area contributed by atoms with Crippen LogP contribution in [0, 0.1) is 30.1 Å². The molecule has 3 rings (SSSR count). The fourth-order valence-corrected chi connectivity index (χ4v) is 4.59. The van der Waals surface area contributed by atoms with E-state index in [1.807, 2.05) is 0 Å². The Balaban J connectivity index is 1.89. The molecular formula is C22H24N4O5S. The van der Waals surface area contributed by atoms with Crippen molar-refractivity contribution < 1.29 is 23.1 Å². The molecule has 0 radical (unpaired) electrons. The highest BCUT2D eigenvalue weighted by Crippen LogP contribution is 2.33. The van der Waals surface area contributed by atoms with Gasteiger partial charge in [-0.15, -0.1) is 0 Å². The highest BCUT2D eigenvalue weighted by molar-refractivity contribution is 7.89. The molecule has 1 aromatic heterocycles. The van der Waals surface area contributed by atoms with Gasteiger partial charge in [-0.05, 0) is 38.5 Å². The summed E-state index contributed by atoms with van der Waals surface area (Å²) < 4.78 is 35.4. The van der Waals surface area contributed by atoms with E-state index in [9.17, 15) is 23.6 Å². The molecule has 1 amide bonds. The van der Waals surface area contributed by atoms with Crippen molar-refractivity contribution in [2.24, 2.45) is 7.05 Å². The average molecular weight is 457 g/mol. The third-order valence-corrected chi connectivity index (χ3v) is 6.23. The lowest BCUT2D eigenvalue weighted by atomic mass is 10.1. The first-order valence-electron chi connectivity index (χ1n) is 9.80. The van der Waals surface area contributed by atoms with E-state index in [0.29, 0.717) is 11.3 Å². The van der Waals surface area contributed by atoms with Crippen LogP contribution in [0.25, 0.3) is 0 Å². The van der Waals surface area contributed by atoms with Gasteiger partial charge >= 0.3 is 0 Å². The van der Waals surface area contributed by atoms with Crippen LogP contribution >= 0.6 is 0 Å². The molecule has 0 saturated heterocycles. The minimum Gasteiger partial charge on any atom is -0.488 e. The molecule has 1 aromatic carbocycles. The number of nitrogens with zero attached hydrogens (tertiary/aromatic N) is 2. The molecule has 0 saturated carbocycles. The molecule has 3 N–H and O–H groups in total. The van der Waals surface area contributed by atoms with Gasteiger partial charge in [-0.1, -0.05) is 17.9 Å². The van der Waals surface area contributed by atoms with E-state index in [-0.39, 0.29) is 29.4 Å². The van der Waals surface area contributed by atoms with Crippen molar-refractivity contribution in [3.8, 4) is 23.7 Å². The second-order valence-electron chi connectivity index (χ2n) is 8.07. The van der Waals surface area contributed by atoms with E-state index in [2.05, 4.69) is 27.9 Å². The van der Waals surface area contributed by atoms with Crippen molar-refractivity contribution in [1.29, 1.82) is 5.26 Å². The van der Waals surface area contributed by atoms with Crippen molar-refractivity contribution >= 4 is 21.6 Å². The van der Waals surface area contributed by atoms with E-state index in [4.69, 9.17) is 4.74 Å². The van der Waals surface area contributed by atoms with Crippen molar-refractivity contribution in [2.75, 3.05) is 11.9 Å². The monoisotopic (exact) mass is 456 g/mol. The molecule has 1 aliphatic heterocycles. The second kappa shape index (κ2) is 8.67. The summed E-state index contributed by atoms with van der Waals surface area (Å²) in [6, 6.07) is 6.32. The Morgan fingerprint density at radius 1 is 1.44 bits per heavy atom. The fraction of sp³-hybridized carbons (Fsp3) is 0.364. The lowest BCUT2D eigenvalue weighted by Gasteiger charge is -2.14. The quantitative estimate of drug-likeness (QED) is 0.602. The van der Waals surface area contributed by atoms with E-state index in [1.54, 1.807) is 32.2 Å². The van der Waals surface area contributed by atoms with Gasteiger partial charge in [0.1, 0.15) is 17.1 Å². The number of amides is 1. The summed E-state index contributed by atoms with van der Waals surface area (Å²) in [6.07, 6.45) is 1.44. The third-order valence-electron chi connectivity index (χ3n) is 4.72. The molecule has 0 spiro atoms. The highest BCUT2D eigenvalue weighted by Gasteiger charge is 2.34. The number of nitriles is 1. The second-order valence-corrected chi connectivity index (χ2v) is 9.75. The number of rotatable bonds is 3. The van der Waals surface area contributed by atoms with E-state index in [1.165, 1.54) is 24.6 Å². The van der Waals surface area contributed by atoms with Gasteiger partial charge < -0.3 is 19.7 Å². The largest absolute Gasteiger partial charge is 0.488 e. The van der Waals surface area contributed by atoms with Crippen molar-refractivity contribution in [3.63, 3.8) is 0 Å². The molecule has 1 atom stereocenters. The molecule has 9 nitrogen and oxygen atoms in total. The SMILES string of the molecule is Cc1ccc(NC(=O)c2c3c(cn2C)S(=O)(=O)NC(CC#CC(C)(C)O)CO3)cc1C#N. The van der Waals surface area contributed by atoms with Gasteiger partial charge in [0, 0.05) is 25.4 Å². The van der Waals surface area contributed by atoms with Crippen molar-refractivity contribution in [1.82, 2.24) is 9.29 Å². The van der Waals surface area contributed by atoms with E-state index < -0.39 is 27.6 Å². The van der Waals surface area contributed by atoms with Gasteiger partial charge in [0.15, 0.2) is 11.4 Å². The van der Waals surface area contributed by atoms with Crippen LogP contribution in [-0.4, -0.2) is 42.2 Å². The Labute approximate surface area is 187 Å². The molecule has 0 aliphatic carbocycles. The predicted molar refractivity (Wildman–Crippen MR) is 118 cm³/mol. The minimum absolute atomic E-state index is 0.0349. The van der Waals surface area contributed by atoms with Gasteiger partial charge in [0.05, 0.1) is 17.7 Å². The van der Waals surface area contributed by atoms with Crippen molar-refractivity contribution in [2.45, 2.75) is 43.7 Å². The van der Waals surface area contributed by atoms with Crippen LogP contribution in [0.1, 0.15) is 41.9 Å².